The van der Waals surface area contributed by atoms with Gasteiger partial charge in [0.1, 0.15) is 11.6 Å². The molecule has 0 radical (unpaired) electrons. The van der Waals surface area contributed by atoms with Gasteiger partial charge in [0.2, 0.25) is 5.88 Å². The lowest BCUT2D eigenvalue weighted by molar-refractivity contribution is 0.464. The van der Waals surface area contributed by atoms with Gasteiger partial charge in [0, 0.05) is 11.1 Å². The molecular weight excluding hydrogens is 212 g/mol. The Morgan fingerprint density at radius 3 is 2.67 bits per heavy atom. The zero-order valence-corrected chi connectivity index (χ0v) is 8.61. The van der Waals surface area contributed by atoms with Crippen LogP contribution < -0.4 is 10.5 Å². The number of ether oxygens (including phenoxy) is 1. The molecule has 0 bridgehead atoms. The third-order valence-electron chi connectivity index (χ3n) is 1.76. The summed E-state index contributed by atoms with van der Waals surface area (Å²) in [6.45, 7) is 0. The monoisotopic (exact) mass is 220 g/mol. The van der Waals surface area contributed by atoms with Crippen LogP contribution in [0.1, 0.15) is 0 Å². The van der Waals surface area contributed by atoms with Crippen molar-refractivity contribution < 1.29 is 4.74 Å². The molecule has 76 valence electrons. The molecule has 2 aromatic rings. The van der Waals surface area contributed by atoms with Gasteiger partial charge in [-0.2, -0.15) is 4.98 Å². The Labute approximate surface area is 92.5 Å². The van der Waals surface area contributed by atoms with Crippen LogP contribution in [-0.2, 0) is 0 Å². The maximum Gasteiger partial charge on any atom is 0.221 e. The molecule has 0 atom stereocenters. The second-order valence-electron chi connectivity index (χ2n) is 2.96. The van der Waals surface area contributed by atoms with Crippen molar-refractivity contribution in [1.29, 1.82) is 0 Å². The summed E-state index contributed by atoms with van der Waals surface area (Å²) in [5.41, 5.74) is 5.52. The summed E-state index contributed by atoms with van der Waals surface area (Å²) in [4.78, 5) is 4.01. The topological polar surface area (TPSA) is 48.1 Å². The maximum absolute atomic E-state index is 5.82. The van der Waals surface area contributed by atoms with Gasteiger partial charge in [0.05, 0.1) is 0 Å². The fraction of sp³-hybridized carbons (Fsp3) is 0. The number of hydrogen-bond acceptors (Lipinski definition) is 3. The fourth-order valence-corrected chi connectivity index (χ4v) is 1.32. The highest BCUT2D eigenvalue weighted by molar-refractivity contribution is 6.30. The minimum absolute atomic E-state index is 0.425. The highest BCUT2D eigenvalue weighted by Gasteiger charge is 1.99. The molecule has 2 N–H and O–H groups in total. The molecule has 2 rings (SSSR count). The molecule has 0 aliphatic rings. The summed E-state index contributed by atoms with van der Waals surface area (Å²) < 4.78 is 5.46. The van der Waals surface area contributed by atoms with Gasteiger partial charge < -0.3 is 10.5 Å². The van der Waals surface area contributed by atoms with Gasteiger partial charge in [0.25, 0.3) is 0 Å². The summed E-state index contributed by atoms with van der Waals surface area (Å²) in [5.74, 6) is 1.52. The van der Waals surface area contributed by atoms with Gasteiger partial charge in [-0.25, -0.2) is 0 Å². The van der Waals surface area contributed by atoms with E-state index >= 15 is 0 Å². The van der Waals surface area contributed by atoms with E-state index in [0.29, 0.717) is 22.5 Å². The zero-order valence-electron chi connectivity index (χ0n) is 7.85. The van der Waals surface area contributed by atoms with Crippen LogP contribution in [0.2, 0.25) is 5.02 Å². The number of rotatable bonds is 2. The van der Waals surface area contributed by atoms with E-state index in [2.05, 4.69) is 4.98 Å². The smallest absolute Gasteiger partial charge is 0.221 e. The average Bonchev–Trinajstić information content (AvgIpc) is 2.17. The number of pyridine rings is 1. The Balaban J connectivity index is 2.22. The molecule has 1 heterocycles. The Bertz CT molecular complexity index is 430. The second-order valence-corrected chi connectivity index (χ2v) is 3.40. The fourth-order valence-electron chi connectivity index (χ4n) is 1.14. The van der Waals surface area contributed by atoms with Crippen molar-refractivity contribution in [1.82, 2.24) is 4.98 Å². The number of nitrogen functional groups attached to an aromatic ring is 1. The summed E-state index contributed by atoms with van der Waals surface area (Å²) in [6.07, 6.45) is 0. The highest BCUT2D eigenvalue weighted by Crippen LogP contribution is 2.22. The molecule has 3 nitrogen and oxygen atoms in total. The molecule has 0 aliphatic heterocycles. The average molecular weight is 221 g/mol. The molecule has 0 saturated heterocycles. The quantitative estimate of drug-likeness (QED) is 0.846. The summed E-state index contributed by atoms with van der Waals surface area (Å²) in [5, 5.41) is 0.622. The van der Waals surface area contributed by atoms with Crippen molar-refractivity contribution in [2.75, 3.05) is 5.73 Å². The Morgan fingerprint density at radius 2 is 1.93 bits per heavy atom. The number of hydrogen-bond donors (Lipinski definition) is 1. The van der Waals surface area contributed by atoms with Gasteiger partial charge in [-0.15, -0.1) is 0 Å². The standard InChI is InChI=1S/C11H9ClN2O/c12-8-3-1-4-9(7-8)15-11-6-2-5-10(13)14-11/h1-7H,(H2,13,14). The van der Waals surface area contributed by atoms with E-state index < -0.39 is 0 Å². The second kappa shape index (κ2) is 4.19. The maximum atomic E-state index is 5.82. The van der Waals surface area contributed by atoms with E-state index in [1.54, 1.807) is 36.4 Å². The van der Waals surface area contributed by atoms with Gasteiger partial charge in [-0.1, -0.05) is 23.7 Å². The van der Waals surface area contributed by atoms with Crippen LogP contribution in [0.4, 0.5) is 5.82 Å². The van der Waals surface area contributed by atoms with Crippen molar-refractivity contribution >= 4 is 17.4 Å². The Morgan fingerprint density at radius 1 is 1.13 bits per heavy atom. The van der Waals surface area contributed by atoms with Gasteiger partial charge in [-0.05, 0) is 24.3 Å². The number of halogens is 1. The van der Waals surface area contributed by atoms with Crippen molar-refractivity contribution in [2.45, 2.75) is 0 Å². The first-order valence-electron chi connectivity index (χ1n) is 4.40. The van der Waals surface area contributed by atoms with Crippen LogP contribution in [0.5, 0.6) is 11.6 Å². The van der Waals surface area contributed by atoms with E-state index in [9.17, 15) is 0 Å². The lowest BCUT2D eigenvalue weighted by Gasteiger charge is -2.04. The first-order chi connectivity index (χ1) is 7.24. The van der Waals surface area contributed by atoms with Crippen molar-refractivity contribution in [3.63, 3.8) is 0 Å². The number of nitrogens with two attached hydrogens (primary N) is 1. The molecule has 15 heavy (non-hydrogen) atoms. The van der Waals surface area contributed by atoms with Crippen LogP contribution in [-0.4, -0.2) is 4.98 Å². The lowest BCUT2D eigenvalue weighted by Crippen LogP contribution is -1.92. The zero-order chi connectivity index (χ0) is 10.7. The number of aromatic nitrogens is 1. The van der Waals surface area contributed by atoms with Gasteiger partial charge in [0.15, 0.2) is 0 Å². The van der Waals surface area contributed by atoms with Gasteiger partial charge >= 0.3 is 0 Å². The normalized spacial score (nSPS) is 9.93. The highest BCUT2D eigenvalue weighted by atomic mass is 35.5. The van der Waals surface area contributed by atoms with E-state index in [-0.39, 0.29) is 0 Å². The molecule has 4 heteroatoms. The van der Waals surface area contributed by atoms with Crippen LogP contribution >= 0.6 is 11.6 Å². The van der Waals surface area contributed by atoms with E-state index in [0.717, 1.165) is 0 Å². The SMILES string of the molecule is Nc1cccc(Oc2cccc(Cl)c2)n1. The lowest BCUT2D eigenvalue weighted by atomic mass is 10.3. The minimum Gasteiger partial charge on any atom is -0.439 e. The van der Waals surface area contributed by atoms with Crippen LogP contribution in [0.15, 0.2) is 42.5 Å². The summed E-state index contributed by atoms with van der Waals surface area (Å²) in [7, 11) is 0. The molecule has 0 spiro atoms. The Kier molecular flexibility index (Phi) is 2.74. The molecule has 0 amide bonds. The summed E-state index contributed by atoms with van der Waals surface area (Å²) >= 11 is 5.82. The van der Waals surface area contributed by atoms with Gasteiger partial charge in [-0.3, -0.25) is 0 Å². The number of nitrogens with zero attached hydrogens (tertiary/aromatic N) is 1. The molecule has 0 aliphatic carbocycles. The van der Waals surface area contributed by atoms with E-state index in [4.69, 9.17) is 22.1 Å². The van der Waals surface area contributed by atoms with Crippen LogP contribution in [0.25, 0.3) is 0 Å². The van der Waals surface area contributed by atoms with Crippen molar-refractivity contribution in [3.05, 3.63) is 47.5 Å². The van der Waals surface area contributed by atoms with E-state index in [1.807, 2.05) is 6.07 Å². The van der Waals surface area contributed by atoms with Crippen LogP contribution in [0, 0.1) is 0 Å². The van der Waals surface area contributed by atoms with Crippen molar-refractivity contribution in [3.8, 4) is 11.6 Å². The molecule has 1 aromatic carbocycles. The molecule has 0 fully saturated rings. The molecule has 0 unspecified atom stereocenters. The first kappa shape index (κ1) is 9.80. The third-order valence-corrected chi connectivity index (χ3v) is 2.00. The molecule has 1 aromatic heterocycles. The minimum atomic E-state index is 0.425. The predicted octanol–water partition coefficient (Wildman–Crippen LogP) is 3.11. The van der Waals surface area contributed by atoms with E-state index in [1.165, 1.54) is 0 Å². The predicted molar refractivity (Wildman–Crippen MR) is 60.2 cm³/mol. The Hall–Kier alpha value is -1.74. The molecule has 0 saturated carbocycles. The van der Waals surface area contributed by atoms with Crippen molar-refractivity contribution in [2.24, 2.45) is 0 Å². The first-order valence-corrected chi connectivity index (χ1v) is 4.78. The largest absolute Gasteiger partial charge is 0.439 e. The number of anilines is 1. The summed E-state index contributed by atoms with van der Waals surface area (Å²) in [6, 6.07) is 12.3. The number of benzene rings is 1. The molecular formula is C11H9ClN2O. The third kappa shape index (κ3) is 2.60. The van der Waals surface area contributed by atoms with Crippen LogP contribution in [0.3, 0.4) is 0 Å².